The van der Waals surface area contributed by atoms with Gasteiger partial charge < -0.3 is 34.5 Å². The van der Waals surface area contributed by atoms with Crippen molar-refractivity contribution in [1.29, 1.82) is 0 Å². The second kappa shape index (κ2) is 11.9. The molecule has 1 atom stereocenters. The van der Waals surface area contributed by atoms with Gasteiger partial charge in [-0.15, -0.1) is 0 Å². The van der Waals surface area contributed by atoms with E-state index in [1.165, 1.54) is 15.8 Å². The molecule has 4 aliphatic rings. The Kier molecular flexibility index (Phi) is 7.63. The van der Waals surface area contributed by atoms with Crippen LogP contribution in [0.4, 0.5) is 11.5 Å². The van der Waals surface area contributed by atoms with E-state index in [0.29, 0.717) is 40.0 Å². The van der Waals surface area contributed by atoms with Crippen LogP contribution in [0.2, 0.25) is 0 Å². The number of nitrogens with zero attached hydrogens (tertiary/aromatic N) is 7. The largest absolute Gasteiger partial charge is 0.392 e. The van der Waals surface area contributed by atoms with Crippen LogP contribution in [-0.4, -0.2) is 97.7 Å². The van der Waals surface area contributed by atoms with Crippen LogP contribution in [0.3, 0.4) is 0 Å². The maximum Gasteiger partial charge on any atom is 0.280 e. The Morgan fingerprint density at radius 2 is 1.88 bits per heavy atom. The second-order valence-corrected chi connectivity index (χ2v) is 14.1. The third-order valence-corrected chi connectivity index (χ3v) is 10.2. The number of fused-ring (bicyclic) bond motifs is 3. The summed E-state index contributed by atoms with van der Waals surface area (Å²) in [6.45, 7) is 9.76. The highest BCUT2D eigenvalue weighted by molar-refractivity contribution is 5.79. The first-order chi connectivity index (χ1) is 23.2. The summed E-state index contributed by atoms with van der Waals surface area (Å²) >= 11 is 0. The predicted molar refractivity (Wildman–Crippen MR) is 184 cm³/mol. The number of hydrogen-bond donors (Lipinski definition) is 3. The summed E-state index contributed by atoms with van der Waals surface area (Å²) in [6, 6.07) is 8.36. The lowest BCUT2D eigenvalue weighted by Gasteiger charge is -2.43. The van der Waals surface area contributed by atoms with Crippen molar-refractivity contribution in [3.63, 3.8) is 0 Å². The van der Waals surface area contributed by atoms with Crippen molar-refractivity contribution in [2.45, 2.75) is 45.6 Å². The van der Waals surface area contributed by atoms with Gasteiger partial charge in [0.05, 0.1) is 43.4 Å². The number of aliphatic hydroxyl groups is 2. The van der Waals surface area contributed by atoms with Gasteiger partial charge in [0.15, 0.2) is 6.23 Å². The Morgan fingerprint density at radius 1 is 1.06 bits per heavy atom. The van der Waals surface area contributed by atoms with E-state index >= 15 is 0 Å². The van der Waals surface area contributed by atoms with Gasteiger partial charge in [0, 0.05) is 74.8 Å². The number of anilines is 2. The third kappa shape index (κ3) is 5.38. The minimum Gasteiger partial charge on any atom is -0.392 e. The van der Waals surface area contributed by atoms with Crippen molar-refractivity contribution in [3.8, 4) is 5.82 Å². The van der Waals surface area contributed by atoms with Crippen molar-refractivity contribution in [2.75, 3.05) is 56.7 Å². The van der Waals surface area contributed by atoms with Crippen molar-refractivity contribution in [3.05, 3.63) is 99.8 Å². The average Bonchev–Trinajstić information content (AvgIpc) is 3.55. The minimum atomic E-state index is -0.927. The summed E-state index contributed by atoms with van der Waals surface area (Å²) < 4.78 is 8.87. The molecule has 0 spiro atoms. The molecule has 12 heteroatoms. The third-order valence-electron chi connectivity index (χ3n) is 10.2. The van der Waals surface area contributed by atoms with Crippen molar-refractivity contribution < 1.29 is 14.9 Å². The lowest BCUT2D eigenvalue weighted by atomic mass is 9.90. The van der Waals surface area contributed by atoms with Crippen LogP contribution < -0.4 is 15.8 Å². The van der Waals surface area contributed by atoms with E-state index in [9.17, 15) is 15.0 Å². The molecule has 1 aliphatic carbocycles. The van der Waals surface area contributed by atoms with Crippen LogP contribution in [0.15, 0.2) is 71.8 Å². The number of likely N-dealkylation sites (N-methyl/N-ethyl adjacent to an activating group) is 1. The van der Waals surface area contributed by atoms with E-state index in [4.69, 9.17) is 4.74 Å². The predicted octanol–water partition coefficient (Wildman–Crippen LogP) is 2.62. The van der Waals surface area contributed by atoms with Gasteiger partial charge >= 0.3 is 0 Å². The van der Waals surface area contributed by atoms with E-state index in [2.05, 4.69) is 45.0 Å². The number of aromatic nitrogens is 4. The molecule has 4 aromatic heterocycles. The highest BCUT2D eigenvalue weighted by atomic mass is 16.5. The minimum absolute atomic E-state index is 0.178. The molecule has 1 unspecified atom stereocenters. The second-order valence-electron chi connectivity index (χ2n) is 14.1. The van der Waals surface area contributed by atoms with Gasteiger partial charge in [0.25, 0.3) is 5.56 Å². The van der Waals surface area contributed by atoms with Crippen LogP contribution in [-0.2, 0) is 24.2 Å². The van der Waals surface area contributed by atoms with Crippen LogP contribution >= 0.6 is 0 Å². The number of piperazine rings is 1. The van der Waals surface area contributed by atoms with Crippen LogP contribution in [0.5, 0.6) is 0 Å². The molecule has 250 valence electrons. The van der Waals surface area contributed by atoms with E-state index in [1.807, 2.05) is 47.3 Å². The number of aliphatic hydroxyl groups excluding tert-OH is 2. The zero-order valence-electron chi connectivity index (χ0n) is 27.6. The molecular formula is C36H42N8O4. The van der Waals surface area contributed by atoms with E-state index in [0.717, 1.165) is 63.5 Å². The summed E-state index contributed by atoms with van der Waals surface area (Å²) in [5.41, 5.74) is 6.58. The Hall–Kier alpha value is -4.49. The molecule has 8 rings (SSSR count). The Bertz CT molecular complexity index is 1980. The molecular weight excluding hydrogens is 608 g/mol. The zero-order chi connectivity index (χ0) is 33.2. The van der Waals surface area contributed by atoms with E-state index in [1.54, 1.807) is 24.3 Å². The summed E-state index contributed by atoms with van der Waals surface area (Å²) in [7, 11) is 1.79. The molecule has 0 bridgehead atoms. The highest BCUT2D eigenvalue weighted by Crippen LogP contribution is 2.37. The smallest absolute Gasteiger partial charge is 0.280 e. The maximum atomic E-state index is 13.8. The average molecular weight is 651 g/mol. The first-order valence-electron chi connectivity index (χ1n) is 16.7. The fraction of sp³-hybridized carbons (Fsp3) is 0.417. The standard InChI is InChI=1S/C36H42N8O4/c1-36(2)16-23-15-30-35(47)44(13-12-43(30)31(23)17-36)33-28(20-45)27(6-7-37-33)24-14-29(34(46)40(3)19-24)39-32-5-4-25(18-38-32)41-8-10-42(11-9-41)26-21-48-22-26/h4-7,12-15,18-19,26,34,45-46H,8-11,16-17,20-22H2,1-3H3,(H,38,39). The Balaban J connectivity index is 1.05. The van der Waals surface area contributed by atoms with Gasteiger partial charge in [-0.1, -0.05) is 13.8 Å². The molecule has 48 heavy (non-hydrogen) atoms. The number of allylic oxidation sites excluding steroid dienone is 2. The fourth-order valence-corrected chi connectivity index (χ4v) is 7.55. The van der Waals surface area contributed by atoms with Gasteiger partial charge in [-0.3, -0.25) is 14.3 Å². The van der Waals surface area contributed by atoms with Gasteiger partial charge in [-0.05, 0) is 59.7 Å². The van der Waals surface area contributed by atoms with Crippen LogP contribution in [0.1, 0.15) is 36.2 Å². The highest BCUT2D eigenvalue weighted by Gasteiger charge is 2.32. The molecule has 2 fully saturated rings. The summed E-state index contributed by atoms with van der Waals surface area (Å²) in [6.07, 6.45) is 11.8. The lowest BCUT2D eigenvalue weighted by Crippen LogP contribution is -2.56. The SMILES string of the molecule is CN1C=C(c2ccnc(-n3ccn4c5c(cc4c3=O)CC(C)(C)C5)c2CO)C=C(Nc2ccc(N3CCN(C4COC4)CC3)cn2)C1O. The molecule has 3 aliphatic heterocycles. The first-order valence-corrected chi connectivity index (χ1v) is 16.7. The van der Waals surface area contributed by atoms with E-state index in [-0.39, 0.29) is 17.6 Å². The molecule has 0 aromatic carbocycles. The molecule has 3 N–H and O–H groups in total. The topological polar surface area (TPSA) is 124 Å². The summed E-state index contributed by atoms with van der Waals surface area (Å²) in [5, 5.41) is 25.0. The fourth-order valence-electron chi connectivity index (χ4n) is 7.55. The van der Waals surface area contributed by atoms with Gasteiger partial charge in [-0.25, -0.2) is 9.97 Å². The molecule has 4 aromatic rings. The first kappa shape index (κ1) is 30.8. The monoisotopic (exact) mass is 650 g/mol. The number of rotatable bonds is 7. The molecule has 0 radical (unpaired) electrons. The molecule has 2 saturated heterocycles. The van der Waals surface area contributed by atoms with Crippen LogP contribution in [0.25, 0.3) is 16.9 Å². The van der Waals surface area contributed by atoms with Crippen LogP contribution in [0, 0.1) is 5.41 Å². The van der Waals surface area contributed by atoms with Gasteiger partial charge in [0.1, 0.15) is 17.2 Å². The maximum absolute atomic E-state index is 13.8. The Labute approximate surface area is 279 Å². The van der Waals surface area contributed by atoms with Crippen molar-refractivity contribution >= 4 is 22.6 Å². The quantitative estimate of drug-likeness (QED) is 0.275. The number of nitrogens with one attached hydrogen (secondary N) is 1. The Morgan fingerprint density at radius 3 is 2.58 bits per heavy atom. The van der Waals surface area contributed by atoms with Crippen molar-refractivity contribution in [2.24, 2.45) is 5.41 Å². The molecule has 12 nitrogen and oxygen atoms in total. The van der Waals surface area contributed by atoms with E-state index < -0.39 is 6.23 Å². The summed E-state index contributed by atoms with van der Waals surface area (Å²) in [4.78, 5) is 29.6. The van der Waals surface area contributed by atoms with Crippen molar-refractivity contribution in [1.82, 2.24) is 28.7 Å². The molecule has 0 amide bonds. The summed E-state index contributed by atoms with van der Waals surface area (Å²) in [5.74, 6) is 0.991. The number of pyridine rings is 2. The van der Waals surface area contributed by atoms with Gasteiger partial charge in [-0.2, -0.15) is 0 Å². The van der Waals surface area contributed by atoms with Gasteiger partial charge in [0.2, 0.25) is 0 Å². The molecule has 0 saturated carbocycles. The molecule has 7 heterocycles. The number of hydrogen-bond acceptors (Lipinski definition) is 10. The number of ether oxygens (including phenoxy) is 1. The lowest BCUT2D eigenvalue weighted by molar-refractivity contribution is -0.0660. The zero-order valence-corrected chi connectivity index (χ0v) is 27.6. The normalized spacial score (nSPS) is 21.2.